The Bertz CT molecular complexity index is 2160. The second-order valence-corrected chi connectivity index (χ2v) is 14.7. The molecular formula is C40H49N5O12. The molecule has 57 heavy (non-hydrogen) atoms. The van der Waals surface area contributed by atoms with Crippen molar-refractivity contribution in [1.29, 1.82) is 0 Å². The molecule has 17 nitrogen and oxygen atoms in total. The molecule has 306 valence electrons. The van der Waals surface area contributed by atoms with E-state index in [4.69, 9.17) is 18.9 Å². The summed E-state index contributed by atoms with van der Waals surface area (Å²) in [5.41, 5.74) is -0.655. The van der Waals surface area contributed by atoms with Gasteiger partial charge >= 0.3 is 11.8 Å². The summed E-state index contributed by atoms with van der Waals surface area (Å²) >= 11 is 0. The third-order valence-corrected chi connectivity index (χ3v) is 10.8. The van der Waals surface area contributed by atoms with Gasteiger partial charge in [0.2, 0.25) is 0 Å². The van der Waals surface area contributed by atoms with Gasteiger partial charge in [0.15, 0.2) is 5.75 Å². The molecule has 17 heteroatoms. The largest absolute Gasteiger partial charge is 0.507 e. The van der Waals surface area contributed by atoms with Crippen LogP contribution in [0, 0.1) is 30.6 Å². The number of phenolic OH excluding ortho intramolecular Hbond substituents is 3. The van der Waals surface area contributed by atoms with Crippen LogP contribution in [0.15, 0.2) is 53.9 Å². The Labute approximate surface area is 328 Å². The van der Waals surface area contributed by atoms with Gasteiger partial charge in [0.1, 0.15) is 36.0 Å². The normalized spacial score (nSPS) is 30.8. The molecule has 0 saturated heterocycles. The first-order valence-corrected chi connectivity index (χ1v) is 18.3. The number of aromatic nitrogens is 3. The number of fused-ring (bicyclic) bond motifs is 14. The van der Waals surface area contributed by atoms with E-state index in [0.717, 1.165) is 6.21 Å². The summed E-state index contributed by atoms with van der Waals surface area (Å²) in [5, 5.41) is 71.5. The number of hydrogen-bond acceptors (Lipinski definition) is 15. The van der Waals surface area contributed by atoms with Gasteiger partial charge in [-0.05, 0) is 19.9 Å². The van der Waals surface area contributed by atoms with Gasteiger partial charge in [-0.25, -0.2) is 4.68 Å². The number of esters is 1. The first-order chi connectivity index (χ1) is 26.8. The molecule has 1 amide bonds. The predicted octanol–water partition coefficient (Wildman–Crippen LogP) is 4.23. The van der Waals surface area contributed by atoms with Crippen LogP contribution in [-0.4, -0.2) is 102 Å². The lowest BCUT2D eigenvalue weighted by Crippen LogP contribution is -2.46. The van der Waals surface area contributed by atoms with Crippen molar-refractivity contribution < 1.29 is 58.9 Å². The van der Waals surface area contributed by atoms with E-state index in [-0.39, 0.29) is 44.5 Å². The fourth-order valence-corrected chi connectivity index (χ4v) is 7.25. The van der Waals surface area contributed by atoms with Gasteiger partial charge in [-0.2, -0.15) is 5.10 Å². The van der Waals surface area contributed by atoms with Gasteiger partial charge in [0.25, 0.3) is 11.7 Å². The number of aromatic hydroxyl groups is 3. The second-order valence-electron chi connectivity index (χ2n) is 14.7. The van der Waals surface area contributed by atoms with Crippen LogP contribution in [-0.2, 0) is 23.8 Å². The van der Waals surface area contributed by atoms with Crippen LogP contribution in [0.3, 0.4) is 0 Å². The Hall–Kier alpha value is -5.78. The number of nitrogens with one attached hydrogen (secondary N) is 1. The fourth-order valence-electron chi connectivity index (χ4n) is 7.25. The van der Waals surface area contributed by atoms with E-state index in [2.05, 4.69) is 20.6 Å². The minimum Gasteiger partial charge on any atom is -0.507 e. The topological polar surface area (TPSA) is 244 Å². The maximum Gasteiger partial charge on any atom is 0.312 e. The maximum absolute atomic E-state index is 14.3. The highest BCUT2D eigenvalue weighted by Crippen LogP contribution is 2.55. The Kier molecular flexibility index (Phi) is 12.5. The van der Waals surface area contributed by atoms with E-state index >= 15 is 0 Å². The van der Waals surface area contributed by atoms with Crippen molar-refractivity contribution in [3.8, 4) is 23.0 Å². The molecule has 3 aliphatic rings. The number of nitrogens with zero attached hydrogens (tertiary/aromatic N) is 4. The van der Waals surface area contributed by atoms with Gasteiger partial charge < -0.3 is 49.8 Å². The highest BCUT2D eigenvalue weighted by Gasteiger charge is 2.50. The zero-order valence-electron chi connectivity index (χ0n) is 33.1. The van der Waals surface area contributed by atoms with E-state index in [1.807, 2.05) is 0 Å². The number of amides is 1. The van der Waals surface area contributed by atoms with Gasteiger partial charge in [0, 0.05) is 61.2 Å². The smallest absolute Gasteiger partial charge is 0.312 e. The Morgan fingerprint density at radius 1 is 0.965 bits per heavy atom. The number of Topliss-reactive ketones (excluding diaryl/α,β-unsaturated/α-hetero) is 1. The molecule has 4 heterocycles. The summed E-state index contributed by atoms with van der Waals surface area (Å²) in [6, 6.07) is 0. The number of anilines is 1. The predicted molar refractivity (Wildman–Crippen MR) is 207 cm³/mol. The molecule has 9 unspecified atom stereocenters. The van der Waals surface area contributed by atoms with Crippen LogP contribution in [0.25, 0.3) is 10.8 Å². The summed E-state index contributed by atoms with van der Waals surface area (Å²) in [5.74, 6) is -8.72. The Morgan fingerprint density at radius 3 is 2.26 bits per heavy atom. The molecule has 3 aromatic rings. The number of methoxy groups -OCH3 is 1. The number of aliphatic hydroxyl groups is 2. The minimum absolute atomic E-state index is 0.0254. The summed E-state index contributed by atoms with van der Waals surface area (Å²) in [6.07, 6.45) is 7.00. The van der Waals surface area contributed by atoms with Crippen LogP contribution < -0.4 is 10.1 Å². The van der Waals surface area contributed by atoms with E-state index < -0.39 is 88.8 Å². The Balaban J connectivity index is 1.72. The molecule has 0 fully saturated rings. The summed E-state index contributed by atoms with van der Waals surface area (Å²) in [6.45, 7) is 12.4. The molecule has 5 bridgehead atoms. The van der Waals surface area contributed by atoms with E-state index in [1.165, 1.54) is 70.5 Å². The van der Waals surface area contributed by atoms with Crippen LogP contribution in [0.2, 0.25) is 0 Å². The van der Waals surface area contributed by atoms with Gasteiger partial charge in [-0.1, -0.05) is 45.9 Å². The molecule has 3 aliphatic heterocycles. The number of hydrogen-bond donors (Lipinski definition) is 6. The third-order valence-electron chi connectivity index (χ3n) is 10.8. The SMILES string of the molecule is COC1/C=C\OC2(C)Oc3c(C)c(O)c4c(O)c(c(/C=N\n5cnnc5)c(O)c4c3C2=O)NC(=O)/C(C)=C\C=C/C(C)C(O)C(C)C(O)C(C)C(OC(C)=O)C1C. The van der Waals surface area contributed by atoms with Crippen molar-refractivity contribution in [2.24, 2.45) is 28.8 Å². The number of carbonyl (C=O) groups excluding carboxylic acids is 3. The van der Waals surface area contributed by atoms with Gasteiger partial charge in [-0.15, -0.1) is 10.2 Å². The van der Waals surface area contributed by atoms with Crippen molar-refractivity contribution in [3.63, 3.8) is 0 Å². The monoisotopic (exact) mass is 791 g/mol. The zero-order chi connectivity index (χ0) is 42.1. The first-order valence-electron chi connectivity index (χ1n) is 18.3. The van der Waals surface area contributed by atoms with Crippen LogP contribution in [0.5, 0.6) is 23.0 Å². The number of carbonyl (C=O) groups is 3. The van der Waals surface area contributed by atoms with E-state index in [9.17, 15) is 39.9 Å². The quantitative estimate of drug-likeness (QED) is 0.0938. The average molecular weight is 792 g/mol. The molecule has 6 N–H and O–H groups in total. The summed E-state index contributed by atoms with van der Waals surface area (Å²) < 4.78 is 24.6. The highest BCUT2D eigenvalue weighted by atomic mass is 16.7. The minimum atomic E-state index is -2.07. The van der Waals surface area contributed by atoms with Crippen molar-refractivity contribution in [2.75, 3.05) is 12.4 Å². The lowest BCUT2D eigenvalue weighted by atomic mass is 9.78. The van der Waals surface area contributed by atoms with Crippen molar-refractivity contribution >= 4 is 40.3 Å². The number of rotatable bonds is 4. The zero-order valence-corrected chi connectivity index (χ0v) is 33.1. The summed E-state index contributed by atoms with van der Waals surface area (Å²) in [7, 11) is 1.42. The Morgan fingerprint density at radius 2 is 1.63 bits per heavy atom. The molecule has 0 radical (unpaired) electrons. The van der Waals surface area contributed by atoms with Crippen LogP contribution >= 0.6 is 0 Å². The lowest BCUT2D eigenvalue weighted by Gasteiger charge is -2.38. The fraction of sp³-hybridized carbons (Fsp3) is 0.450. The molecule has 0 spiro atoms. The number of ketones is 1. The van der Waals surface area contributed by atoms with E-state index in [0.29, 0.717) is 0 Å². The third kappa shape index (κ3) is 8.08. The standard InChI is InChI=1S/C40H49N5O12/c1-18-11-10-12-19(2)39(53)44-30-25(15-43-45-16-41-42-17-45)34(50)27-28(35(30)51)33(49)23(6)37-29(27)38(52)40(8,57-37)55-14-13-26(54-9)20(3)36(56-24(7)46)22(5)32(48)21(4)31(18)47/h10-18,20-22,26,31-32,36,47-51H,1-9H3,(H,44,53)/b11-10-,14-13-,19-12-,43-15-. The molecule has 6 rings (SSSR count). The maximum atomic E-state index is 14.3. The van der Waals surface area contributed by atoms with Crippen molar-refractivity contribution in [2.45, 2.75) is 85.6 Å². The van der Waals surface area contributed by atoms with Crippen molar-refractivity contribution in [3.05, 3.63) is 65.5 Å². The first kappa shape index (κ1) is 42.4. The average Bonchev–Trinajstić information content (AvgIpc) is 3.79. The number of allylic oxidation sites excluding steroid dienone is 2. The molecule has 2 aromatic carbocycles. The number of phenols is 3. The molecule has 0 aliphatic carbocycles. The lowest BCUT2D eigenvalue weighted by molar-refractivity contribution is -0.160. The molecule has 0 saturated carbocycles. The number of benzene rings is 2. The molecule has 1 aromatic heterocycles. The van der Waals surface area contributed by atoms with Crippen LogP contribution in [0.1, 0.15) is 70.0 Å². The number of ether oxygens (including phenoxy) is 4. The highest BCUT2D eigenvalue weighted by molar-refractivity contribution is 6.23. The van der Waals surface area contributed by atoms with E-state index in [1.54, 1.807) is 39.8 Å². The summed E-state index contributed by atoms with van der Waals surface area (Å²) in [4.78, 5) is 40.2. The van der Waals surface area contributed by atoms with Gasteiger partial charge in [-0.3, -0.25) is 14.4 Å². The van der Waals surface area contributed by atoms with Crippen molar-refractivity contribution in [1.82, 2.24) is 14.9 Å². The van der Waals surface area contributed by atoms with Crippen LogP contribution in [0.4, 0.5) is 5.69 Å². The van der Waals surface area contributed by atoms with Gasteiger partial charge in [0.05, 0.1) is 53.0 Å². The molecular weight excluding hydrogens is 742 g/mol. The second kappa shape index (κ2) is 16.8. The number of aliphatic hydroxyl groups excluding tert-OH is 2. The molecule has 9 atom stereocenters.